The lowest BCUT2D eigenvalue weighted by Crippen LogP contribution is -2.46. The summed E-state index contributed by atoms with van der Waals surface area (Å²) in [5, 5.41) is 10.5. The number of carbonyl (C=O) groups excluding carboxylic acids is 1. The first kappa shape index (κ1) is 16.8. The highest BCUT2D eigenvalue weighted by atomic mass is 79.9. The molecule has 1 aromatic rings. The van der Waals surface area contributed by atoms with Gasteiger partial charge in [0.2, 0.25) is 10.3 Å². The van der Waals surface area contributed by atoms with Crippen molar-refractivity contribution in [2.45, 2.75) is 43.2 Å². The SMILES string of the molecule is CCC(=O)O[C@@H]1[C@@H](C)O[C@@H](n2cc(F)c(=O)[nH]c2=O)[C@@]1(O)Br. The van der Waals surface area contributed by atoms with Gasteiger partial charge in [0.1, 0.15) is 0 Å². The lowest BCUT2D eigenvalue weighted by atomic mass is 10.1. The van der Waals surface area contributed by atoms with Gasteiger partial charge < -0.3 is 14.6 Å². The number of hydrogen-bond acceptors (Lipinski definition) is 6. The second-order valence-electron chi connectivity index (χ2n) is 4.83. The summed E-state index contributed by atoms with van der Waals surface area (Å²) in [5.74, 6) is -1.79. The van der Waals surface area contributed by atoms with Crippen molar-refractivity contribution in [3.63, 3.8) is 0 Å². The van der Waals surface area contributed by atoms with Crippen molar-refractivity contribution in [2.24, 2.45) is 0 Å². The van der Waals surface area contributed by atoms with E-state index in [1.165, 1.54) is 6.92 Å². The molecule has 2 N–H and O–H groups in total. The average molecular weight is 381 g/mol. The van der Waals surface area contributed by atoms with E-state index in [-0.39, 0.29) is 6.42 Å². The molecule has 4 atom stereocenters. The van der Waals surface area contributed by atoms with E-state index in [0.29, 0.717) is 10.8 Å². The molecular formula is C12H14BrFN2O6. The predicted octanol–water partition coefficient (Wildman–Crippen LogP) is -0.00170. The van der Waals surface area contributed by atoms with Gasteiger partial charge in [0.25, 0.3) is 5.56 Å². The van der Waals surface area contributed by atoms with Gasteiger partial charge in [-0.2, -0.15) is 4.39 Å². The number of aliphatic hydroxyl groups is 1. The number of aromatic amines is 1. The Labute approximate surface area is 132 Å². The first-order valence-electron chi connectivity index (χ1n) is 6.45. The second-order valence-corrected chi connectivity index (χ2v) is 6.10. The molecule has 0 radical (unpaired) electrons. The van der Waals surface area contributed by atoms with E-state index in [9.17, 15) is 23.9 Å². The van der Waals surface area contributed by atoms with Crippen LogP contribution < -0.4 is 11.2 Å². The molecule has 0 spiro atoms. The first-order valence-corrected chi connectivity index (χ1v) is 7.25. The second kappa shape index (κ2) is 5.94. The molecule has 22 heavy (non-hydrogen) atoms. The third kappa shape index (κ3) is 2.85. The number of nitrogens with one attached hydrogen (secondary N) is 1. The van der Waals surface area contributed by atoms with Crippen LogP contribution >= 0.6 is 15.9 Å². The molecule has 0 aliphatic carbocycles. The van der Waals surface area contributed by atoms with Gasteiger partial charge in [-0.1, -0.05) is 6.92 Å². The molecule has 1 saturated heterocycles. The Morgan fingerprint density at radius 2 is 2.27 bits per heavy atom. The number of hydrogen-bond donors (Lipinski definition) is 2. The summed E-state index contributed by atoms with van der Waals surface area (Å²) >= 11 is 2.97. The lowest BCUT2D eigenvalue weighted by Gasteiger charge is -2.27. The molecule has 10 heteroatoms. The summed E-state index contributed by atoms with van der Waals surface area (Å²) < 4.78 is 22.6. The van der Waals surface area contributed by atoms with E-state index in [2.05, 4.69) is 15.9 Å². The fraction of sp³-hybridized carbons (Fsp3) is 0.583. The molecule has 2 heterocycles. The molecule has 1 aliphatic rings. The van der Waals surface area contributed by atoms with Gasteiger partial charge in [-0.15, -0.1) is 0 Å². The highest BCUT2D eigenvalue weighted by Crippen LogP contribution is 2.43. The number of halogens is 2. The fourth-order valence-corrected chi connectivity index (χ4v) is 2.93. The van der Waals surface area contributed by atoms with E-state index in [4.69, 9.17) is 9.47 Å². The molecule has 0 amide bonds. The van der Waals surface area contributed by atoms with Crippen molar-refractivity contribution in [3.8, 4) is 0 Å². The van der Waals surface area contributed by atoms with Gasteiger partial charge in [0.05, 0.1) is 12.3 Å². The van der Waals surface area contributed by atoms with Crippen LogP contribution in [0.4, 0.5) is 4.39 Å². The van der Waals surface area contributed by atoms with E-state index in [1.54, 1.807) is 11.9 Å². The van der Waals surface area contributed by atoms with Crippen molar-refractivity contribution in [1.29, 1.82) is 0 Å². The molecule has 0 bridgehead atoms. The summed E-state index contributed by atoms with van der Waals surface area (Å²) in [6.45, 7) is 3.10. The van der Waals surface area contributed by atoms with Crippen LogP contribution in [-0.4, -0.2) is 37.3 Å². The third-order valence-corrected chi connectivity index (χ3v) is 4.08. The molecule has 0 aromatic carbocycles. The number of H-pyrrole nitrogens is 1. The Morgan fingerprint density at radius 1 is 1.64 bits per heavy atom. The van der Waals surface area contributed by atoms with Crippen LogP contribution in [-0.2, 0) is 14.3 Å². The van der Waals surface area contributed by atoms with Crippen LogP contribution in [0.25, 0.3) is 0 Å². The van der Waals surface area contributed by atoms with Crippen LogP contribution in [0.1, 0.15) is 26.5 Å². The van der Waals surface area contributed by atoms with Gasteiger partial charge in [-0.05, 0) is 22.9 Å². The molecule has 0 unspecified atom stereocenters. The van der Waals surface area contributed by atoms with Crippen molar-refractivity contribution >= 4 is 21.9 Å². The van der Waals surface area contributed by atoms with Crippen LogP contribution in [0.5, 0.6) is 0 Å². The minimum atomic E-state index is -1.97. The molecule has 2 rings (SSSR count). The smallest absolute Gasteiger partial charge is 0.330 e. The zero-order valence-electron chi connectivity index (χ0n) is 11.7. The number of aromatic nitrogens is 2. The Balaban J connectivity index is 2.42. The highest BCUT2D eigenvalue weighted by molar-refractivity contribution is 9.10. The van der Waals surface area contributed by atoms with Crippen molar-refractivity contribution in [1.82, 2.24) is 9.55 Å². The summed E-state index contributed by atoms with van der Waals surface area (Å²) in [7, 11) is 0. The van der Waals surface area contributed by atoms with Crippen LogP contribution in [0, 0.1) is 5.82 Å². The Morgan fingerprint density at radius 3 is 2.86 bits per heavy atom. The first-order chi connectivity index (χ1) is 10.2. The van der Waals surface area contributed by atoms with Gasteiger partial charge in [-0.25, -0.2) is 4.79 Å². The van der Waals surface area contributed by atoms with Crippen LogP contribution in [0.3, 0.4) is 0 Å². The number of esters is 1. The summed E-state index contributed by atoms with van der Waals surface area (Å²) in [6, 6.07) is 0. The monoisotopic (exact) mass is 380 g/mol. The normalized spacial score (nSPS) is 31.2. The zero-order valence-corrected chi connectivity index (χ0v) is 13.3. The largest absolute Gasteiger partial charge is 0.455 e. The summed E-state index contributed by atoms with van der Waals surface area (Å²) in [5.41, 5.74) is -2.15. The maximum Gasteiger partial charge on any atom is 0.330 e. The quantitative estimate of drug-likeness (QED) is 0.563. The number of ether oxygens (including phenoxy) is 2. The average Bonchev–Trinajstić information content (AvgIpc) is 2.66. The van der Waals surface area contributed by atoms with Crippen LogP contribution in [0.15, 0.2) is 15.8 Å². The van der Waals surface area contributed by atoms with E-state index >= 15 is 0 Å². The number of nitrogens with zero attached hydrogens (tertiary/aromatic N) is 1. The Bertz CT molecular complexity index is 700. The van der Waals surface area contributed by atoms with Crippen molar-refractivity contribution in [2.75, 3.05) is 0 Å². The van der Waals surface area contributed by atoms with Gasteiger partial charge in [-0.3, -0.25) is 19.1 Å². The molecule has 1 fully saturated rings. The maximum atomic E-state index is 13.4. The number of rotatable bonds is 3. The maximum absolute atomic E-state index is 13.4. The molecule has 8 nitrogen and oxygen atoms in total. The molecule has 122 valence electrons. The summed E-state index contributed by atoms with van der Waals surface area (Å²) in [6.07, 6.45) is -2.58. The number of carbonyl (C=O) groups is 1. The number of alkyl halides is 1. The van der Waals surface area contributed by atoms with E-state index in [0.717, 1.165) is 0 Å². The van der Waals surface area contributed by atoms with Gasteiger partial charge in [0.15, 0.2) is 12.3 Å². The Kier molecular flexibility index (Phi) is 4.54. The molecular weight excluding hydrogens is 367 g/mol. The highest BCUT2D eigenvalue weighted by Gasteiger charge is 2.56. The fourth-order valence-electron chi connectivity index (χ4n) is 2.14. The topological polar surface area (TPSA) is 111 Å². The van der Waals surface area contributed by atoms with Gasteiger partial charge >= 0.3 is 11.7 Å². The minimum absolute atomic E-state index is 0.0875. The predicted molar refractivity (Wildman–Crippen MR) is 74.9 cm³/mol. The van der Waals surface area contributed by atoms with E-state index < -0.39 is 46.0 Å². The van der Waals surface area contributed by atoms with E-state index in [1.807, 2.05) is 0 Å². The van der Waals surface area contributed by atoms with Crippen molar-refractivity contribution in [3.05, 3.63) is 32.9 Å². The molecule has 0 saturated carbocycles. The van der Waals surface area contributed by atoms with Crippen LogP contribution in [0.2, 0.25) is 0 Å². The van der Waals surface area contributed by atoms with Crippen molar-refractivity contribution < 1.29 is 23.8 Å². The minimum Gasteiger partial charge on any atom is -0.455 e. The molecule has 1 aromatic heterocycles. The molecule has 1 aliphatic heterocycles. The third-order valence-electron chi connectivity index (χ3n) is 3.24. The lowest BCUT2D eigenvalue weighted by molar-refractivity contribution is -0.156. The standard InChI is InChI=1S/C12H14BrFN2O6/c1-3-7(17)22-8-5(2)21-10(12(8,13)20)16-4-6(14)9(18)15-11(16)19/h4-5,8,10,20H,3H2,1-2H3,(H,15,18,19)/t5-,8-,10-,12-/m1/s1. The Hall–Kier alpha value is -1.52. The summed E-state index contributed by atoms with van der Waals surface area (Å²) in [4.78, 5) is 36.0. The van der Waals surface area contributed by atoms with Gasteiger partial charge in [0, 0.05) is 6.42 Å². The zero-order chi connectivity index (χ0) is 16.7.